The summed E-state index contributed by atoms with van der Waals surface area (Å²) in [5.74, 6) is 0.257. The first kappa shape index (κ1) is 13.4. The Labute approximate surface area is 117 Å². The van der Waals surface area contributed by atoms with Crippen LogP contribution in [0.15, 0.2) is 41.5 Å². The predicted molar refractivity (Wildman–Crippen MR) is 80.2 cm³/mol. The van der Waals surface area contributed by atoms with Gasteiger partial charge < -0.3 is 5.11 Å². The second-order valence-electron chi connectivity index (χ2n) is 4.40. The highest BCUT2D eigenvalue weighted by molar-refractivity contribution is 6.30. The van der Waals surface area contributed by atoms with Gasteiger partial charge in [0.25, 0.3) is 0 Å². The fourth-order valence-corrected chi connectivity index (χ4v) is 1.92. The quantitative estimate of drug-likeness (QED) is 0.653. The van der Waals surface area contributed by atoms with Gasteiger partial charge in [-0.05, 0) is 55.3 Å². The first-order valence-electron chi connectivity index (χ1n) is 5.91. The van der Waals surface area contributed by atoms with E-state index in [-0.39, 0.29) is 5.75 Å². The van der Waals surface area contributed by atoms with Crippen molar-refractivity contribution >= 4 is 23.5 Å². The van der Waals surface area contributed by atoms with Crippen LogP contribution < -0.4 is 5.43 Å². The number of nitrogens with one attached hydrogen (secondary N) is 1. The van der Waals surface area contributed by atoms with E-state index in [0.717, 1.165) is 16.8 Å². The summed E-state index contributed by atoms with van der Waals surface area (Å²) < 4.78 is 0. The molecule has 0 saturated carbocycles. The molecule has 0 aromatic heterocycles. The SMILES string of the molecule is Cc1cc(C)c(O)c(/C=N\Nc2ccc(Cl)cc2)c1. The summed E-state index contributed by atoms with van der Waals surface area (Å²) in [6.07, 6.45) is 1.60. The molecule has 4 heteroatoms. The van der Waals surface area contributed by atoms with E-state index in [9.17, 15) is 5.11 Å². The third-order valence-electron chi connectivity index (χ3n) is 2.72. The number of hydrogen-bond donors (Lipinski definition) is 2. The van der Waals surface area contributed by atoms with Crippen LogP contribution in [0.1, 0.15) is 16.7 Å². The fourth-order valence-electron chi connectivity index (χ4n) is 1.79. The molecule has 2 aromatic carbocycles. The van der Waals surface area contributed by atoms with E-state index in [1.54, 1.807) is 18.3 Å². The molecule has 2 aromatic rings. The Morgan fingerprint density at radius 2 is 1.84 bits per heavy atom. The van der Waals surface area contributed by atoms with Gasteiger partial charge in [-0.2, -0.15) is 5.10 Å². The van der Waals surface area contributed by atoms with Crippen LogP contribution in [0.4, 0.5) is 5.69 Å². The maximum absolute atomic E-state index is 9.92. The third kappa shape index (κ3) is 3.48. The zero-order valence-corrected chi connectivity index (χ0v) is 11.6. The van der Waals surface area contributed by atoms with E-state index in [2.05, 4.69) is 10.5 Å². The summed E-state index contributed by atoms with van der Waals surface area (Å²) in [5.41, 5.74) is 6.34. The fraction of sp³-hybridized carbons (Fsp3) is 0.133. The smallest absolute Gasteiger partial charge is 0.127 e. The number of halogens is 1. The molecule has 3 nitrogen and oxygen atoms in total. The zero-order valence-electron chi connectivity index (χ0n) is 10.8. The summed E-state index contributed by atoms with van der Waals surface area (Å²) >= 11 is 5.80. The molecule has 0 radical (unpaired) electrons. The Hall–Kier alpha value is -2.00. The number of hydrogen-bond acceptors (Lipinski definition) is 3. The minimum absolute atomic E-state index is 0.257. The van der Waals surface area contributed by atoms with Crippen molar-refractivity contribution < 1.29 is 5.11 Å². The van der Waals surface area contributed by atoms with Crippen molar-refractivity contribution in [2.75, 3.05) is 5.43 Å². The van der Waals surface area contributed by atoms with Gasteiger partial charge in [0.05, 0.1) is 11.9 Å². The molecule has 0 fully saturated rings. The largest absolute Gasteiger partial charge is 0.507 e. The van der Waals surface area contributed by atoms with Gasteiger partial charge in [0.2, 0.25) is 0 Å². The second-order valence-corrected chi connectivity index (χ2v) is 4.83. The van der Waals surface area contributed by atoms with Crippen LogP contribution in [0.5, 0.6) is 5.75 Å². The Bertz CT molecular complexity index is 606. The molecule has 0 aliphatic heterocycles. The van der Waals surface area contributed by atoms with Crippen molar-refractivity contribution in [2.45, 2.75) is 13.8 Å². The molecular formula is C15H15ClN2O. The normalized spacial score (nSPS) is 10.9. The number of aromatic hydroxyl groups is 1. The summed E-state index contributed by atoms with van der Waals surface area (Å²) in [4.78, 5) is 0. The summed E-state index contributed by atoms with van der Waals surface area (Å²) in [5, 5.41) is 14.7. The first-order chi connectivity index (χ1) is 9.06. The average Bonchev–Trinajstić information content (AvgIpc) is 2.37. The molecule has 0 aliphatic carbocycles. The number of phenolic OH excluding ortho intramolecular Hbond substituents is 1. The van der Waals surface area contributed by atoms with Crippen molar-refractivity contribution in [1.82, 2.24) is 0 Å². The van der Waals surface area contributed by atoms with Crippen LogP contribution in [0.25, 0.3) is 0 Å². The van der Waals surface area contributed by atoms with Gasteiger partial charge in [-0.15, -0.1) is 0 Å². The first-order valence-corrected chi connectivity index (χ1v) is 6.29. The number of phenols is 1. The van der Waals surface area contributed by atoms with Crippen LogP contribution in [-0.2, 0) is 0 Å². The number of nitrogens with zero attached hydrogens (tertiary/aromatic N) is 1. The second kappa shape index (κ2) is 5.76. The highest BCUT2D eigenvalue weighted by Gasteiger charge is 2.02. The van der Waals surface area contributed by atoms with Gasteiger partial charge in [0.15, 0.2) is 0 Å². The van der Waals surface area contributed by atoms with Gasteiger partial charge in [0, 0.05) is 10.6 Å². The van der Waals surface area contributed by atoms with Crippen molar-refractivity contribution in [3.8, 4) is 5.75 Å². The summed E-state index contributed by atoms with van der Waals surface area (Å²) in [6, 6.07) is 11.1. The minimum atomic E-state index is 0.257. The van der Waals surface area contributed by atoms with E-state index in [1.165, 1.54) is 0 Å². The molecule has 0 heterocycles. The monoisotopic (exact) mass is 274 g/mol. The number of hydrazone groups is 1. The Morgan fingerprint density at radius 1 is 1.16 bits per heavy atom. The van der Waals surface area contributed by atoms with Crippen LogP contribution in [0.3, 0.4) is 0 Å². The topological polar surface area (TPSA) is 44.6 Å². The van der Waals surface area contributed by atoms with Crippen molar-refractivity contribution in [2.24, 2.45) is 5.10 Å². The van der Waals surface area contributed by atoms with Crippen molar-refractivity contribution in [1.29, 1.82) is 0 Å². The Kier molecular flexibility index (Phi) is 4.07. The molecule has 19 heavy (non-hydrogen) atoms. The molecule has 2 N–H and O–H groups in total. The molecule has 0 aliphatic rings. The van der Waals surface area contributed by atoms with Crippen molar-refractivity contribution in [3.05, 3.63) is 58.1 Å². The van der Waals surface area contributed by atoms with E-state index in [1.807, 2.05) is 38.1 Å². The van der Waals surface area contributed by atoms with Crippen LogP contribution in [0.2, 0.25) is 5.02 Å². The predicted octanol–water partition coefficient (Wildman–Crippen LogP) is 4.11. The van der Waals surface area contributed by atoms with Gasteiger partial charge in [-0.1, -0.05) is 17.7 Å². The molecule has 0 unspecified atom stereocenters. The lowest BCUT2D eigenvalue weighted by Crippen LogP contribution is -1.92. The third-order valence-corrected chi connectivity index (χ3v) is 2.97. The van der Waals surface area contributed by atoms with Crippen LogP contribution >= 0.6 is 11.6 Å². The lowest BCUT2D eigenvalue weighted by Gasteiger charge is -2.05. The van der Waals surface area contributed by atoms with Gasteiger partial charge in [-0.3, -0.25) is 5.43 Å². The molecule has 0 spiro atoms. The Balaban J connectivity index is 2.13. The lowest BCUT2D eigenvalue weighted by molar-refractivity contribution is 0.470. The Morgan fingerprint density at radius 3 is 2.53 bits per heavy atom. The average molecular weight is 275 g/mol. The number of aryl methyl sites for hydroxylation is 2. The molecule has 98 valence electrons. The molecular weight excluding hydrogens is 260 g/mol. The van der Waals surface area contributed by atoms with Gasteiger partial charge in [-0.25, -0.2) is 0 Å². The van der Waals surface area contributed by atoms with Gasteiger partial charge >= 0.3 is 0 Å². The highest BCUT2D eigenvalue weighted by atomic mass is 35.5. The zero-order chi connectivity index (χ0) is 13.8. The minimum Gasteiger partial charge on any atom is -0.507 e. The van der Waals surface area contributed by atoms with Crippen molar-refractivity contribution in [3.63, 3.8) is 0 Å². The highest BCUT2D eigenvalue weighted by Crippen LogP contribution is 2.22. The van der Waals surface area contributed by atoms with E-state index >= 15 is 0 Å². The summed E-state index contributed by atoms with van der Waals surface area (Å²) in [6.45, 7) is 3.85. The number of anilines is 1. The van der Waals surface area contributed by atoms with E-state index in [0.29, 0.717) is 10.6 Å². The molecule has 0 saturated heterocycles. The number of benzene rings is 2. The molecule has 2 rings (SSSR count). The lowest BCUT2D eigenvalue weighted by atomic mass is 10.1. The van der Waals surface area contributed by atoms with Crippen LogP contribution in [0, 0.1) is 13.8 Å². The van der Waals surface area contributed by atoms with E-state index in [4.69, 9.17) is 11.6 Å². The molecule has 0 atom stereocenters. The van der Waals surface area contributed by atoms with Crippen LogP contribution in [-0.4, -0.2) is 11.3 Å². The summed E-state index contributed by atoms with van der Waals surface area (Å²) in [7, 11) is 0. The standard InChI is InChI=1S/C15H15ClN2O/c1-10-7-11(2)15(19)12(8-10)9-17-18-14-5-3-13(16)4-6-14/h3-9,18-19H,1-2H3/b17-9-. The maximum Gasteiger partial charge on any atom is 0.127 e. The van der Waals surface area contributed by atoms with E-state index < -0.39 is 0 Å². The molecule has 0 bridgehead atoms. The van der Waals surface area contributed by atoms with Gasteiger partial charge in [0.1, 0.15) is 5.75 Å². The number of rotatable bonds is 3. The molecule has 0 amide bonds. The maximum atomic E-state index is 9.92.